The molecule has 0 saturated carbocycles. The number of phenols is 1. The van der Waals surface area contributed by atoms with Gasteiger partial charge >= 0.3 is 5.97 Å². The first-order valence-corrected chi connectivity index (χ1v) is 13.2. The summed E-state index contributed by atoms with van der Waals surface area (Å²) in [5, 5.41) is 18.0. The summed E-state index contributed by atoms with van der Waals surface area (Å²) in [7, 11) is 4.36. The average Bonchev–Trinajstić information content (AvgIpc) is 3.02. The zero-order valence-electron chi connectivity index (χ0n) is 24.5. The van der Waals surface area contributed by atoms with Gasteiger partial charge in [-0.1, -0.05) is 6.07 Å². The van der Waals surface area contributed by atoms with Crippen LogP contribution in [0, 0.1) is 17.0 Å². The fraction of sp³-hybridized carbons (Fsp3) is 0.161. The molecule has 0 unspecified atom stereocenters. The molecule has 0 bridgehead atoms. The van der Waals surface area contributed by atoms with Crippen molar-refractivity contribution in [1.29, 1.82) is 5.41 Å². The van der Waals surface area contributed by atoms with E-state index in [1.165, 1.54) is 60.5 Å². The number of nitrogens with one attached hydrogen (secondary N) is 1. The van der Waals surface area contributed by atoms with Crippen molar-refractivity contribution >= 4 is 17.7 Å². The molecule has 0 aliphatic heterocycles. The molecule has 12 nitrogen and oxygen atoms in total. The number of esters is 1. The number of phenolic OH excluding ortho intramolecular Hbond substituents is 1. The first kappa shape index (κ1) is 32.0. The Balaban J connectivity index is 1.83. The first-order valence-electron chi connectivity index (χ1n) is 13.2. The highest BCUT2D eigenvalue weighted by Crippen LogP contribution is 2.43. The van der Waals surface area contributed by atoms with Gasteiger partial charge < -0.3 is 39.4 Å². The Labute approximate surface area is 256 Å². The molecule has 0 aliphatic rings. The number of benzene rings is 3. The number of aromatic hydroxyl groups is 1. The Morgan fingerprint density at radius 1 is 0.889 bits per heavy atom. The summed E-state index contributed by atoms with van der Waals surface area (Å²) >= 11 is 0. The number of aromatic nitrogens is 1. The molecule has 4 rings (SSSR count). The second kappa shape index (κ2) is 13.6. The van der Waals surface area contributed by atoms with E-state index < -0.39 is 40.9 Å². The third kappa shape index (κ3) is 7.18. The van der Waals surface area contributed by atoms with E-state index in [0.29, 0.717) is 0 Å². The molecule has 0 radical (unpaired) electrons. The average molecular weight is 623 g/mol. The molecule has 0 aliphatic carbocycles. The number of carbonyl (C=O) groups is 2. The Kier molecular flexibility index (Phi) is 9.66. The lowest BCUT2D eigenvalue weighted by Crippen LogP contribution is -2.21. The first-order chi connectivity index (χ1) is 21.4. The third-order valence-corrected chi connectivity index (χ3v) is 6.04. The number of nitrogens with two attached hydrogens (primary N) is 1. The number of halogens is 2. The van der Waals surface area contributed by atoms with Crippen LogP contribution in [0.15, 0.2) is 60.7 Å². The van der Waals surface area contributed by atoms with Crippen LogP contribution in [-0.4, -0.2) is 60.5 Å². The Hall–Kier alpha value is -5.92. The van der Waals surface area contributed by atoms with E-state index in [-0.39, 0.29) is 58.0 Å². The van der Waals surface area contributed by atoms with Crippen molar-refractivity contribution in [3.63, 3.8) is 0 Å². The maximum atomic E-state index is 15.9. The van der Waals surface area contributed by atoms with Crippen LogP contribution in [0.3, 0.4) is 0 Å². The maximum Gasteiger partial charge on any atom is 0.338 e. The van der Waals surface area contributed by atoms with Crippen LogP contribution in [0.5, 0.6) is 46.3 Å². The van der Waals surface area contributed by atoms with Gasteiger partial charge in [0.1, 0.15) is 11.6 Å². The molecule has 0 atom stereocenters. The monoisotopic (exact) mass is 622 g/mol. The fourth-order valence-electron chi connectivity index (χ4n) is 3.84. The van der Waals surface area contributed by atoms with Crippen LogP contribution in [0.4, 0.5) is 8.78 Å². The number of ether oxygens (including phenoxy) is 5. The number of hydrogen-bond acceptors (Lipinski definition) is 10. The zero-order chi connectivity index (χ0) is 32.8. The van der Waals surface area contributed by atoms with Crippen molar-refractivity contribution in [3.8, 4) is 46.3 Å². The summed E-state index contributed by atoms with van der Waals surface area (Å²) in [6.07, 6.45) is 0. The lowest BCUT2D eigenvalue weighted by molar-refractivity contribution is 0.0525. The quantitative estimate of drug-likeness (QED) is 0.109. The summed E-state index contributed by atoms with van der Waals surface area (Å²) in [6, 6.07) is 13.2. The van der Waals surface area contributed by atoms with Crippen molar-refractivity contribution in [1.82, 2.24) is 9.88 Å². The van der Waals surface area contributed by atoms with Crippen molar-refractivity contribution in [2.75, 3.05) is 27.8 Å². The van der Waals surface area contributed by atoms with Crippen molar-refractivity contribution in [3.05, 3.63) is 89.0 Å². The number of methoxy groups -OCH3 is 1. The van der Waals surface area contributed by atoms with Crippen LogP contribution in [-0.2, 0) is 4.74 Å². The molecule has 0 fully saturated rings. The van der Waals surface area contributed by atoms with Crippen LogP contribution >= 0.6 is 0 Å². The number of amides is 1. The standard InChI is InChI=1S/C31H28F2N4O8/c1-5-42-31(40)18-10-12-21(23(15-18)41-4)44-26-24(32)28(43-19-8-6-7-17(13-19)30(39)37(2)3)36-29(25(26)33)45-22-14-16(27(34)35)9-11-20(22)38/h6-15,38H,5H2,1-4H3,(H3,34,35). The van der Waals surface area contributed by atoms with Gasteiger partial charge in [-0.15, -0.1) is 0 Å². The van der Waals surface area contributed by atoms with Crippen LogP contribution < -0.4 is 24.7 Å². The van der Waals surface area contributed by atoms with Gasteiger partial charge in [-0.3, -0.25) is 10.2 Å². The Morgan fingerprint density at radius 3 is 2.20 bits per heavy atom. The molecule has 0 spiro atoms. The summed E-state index contributed by atoms with van der Waals surface area (Å²) in [5.41, 5.74) is 5.96. The molecular weight excluding hydrogens is 594 g/mol. The number of amidine groups is 1. The minimum atomic E-state index is -1.44. The van der Waals surface area contributed by atoms with Gasteiger partial charge in [0.05, 0.1) is 19.3 Å². The summed E-state index contributed by atoms with van der Waals surface area (Å²) in [4.78, 5) is 29.8. The van der Waals surface area contributed by atoms with E-state index in [1.807, 2.05) is 0 Å². The van der Waals surface area contributed by atoms with Gasteiger partial charge in [0.15, 0.2) is 23.0 Å². The second-order valence-corrected chi connectivity index (χ2v) is 9.40. The smallest absolute Gasteiger partial charge is 0.338 e. The summed E-state index contributed by atoms with van der Waals surface area (Å²) < 4.78 is 58.8. The summed E-state index contributed by atoms with van der Waals surface area (Å²) in [5.74, 6) is -8.12. The molecule has 1 amide bonds. The molecule has 0 saturated heterocycles. The summed E-state index contributed by atoms with van der Waals surface area (Å²) in [6.45, 7) is 1.75. The predicted molar refractivity (Wildman–Crippen MR) is 157 cm³/mol. The molecular formula is C31H28F2N4O8. The van der Waals surface area contributed by atoms with Gasteiger partial charge in [0.2, 0.25) is 17.4 Å². The molecule has 1 heterocycles. The lowest BCUT2D eigenvalue weighted by Gasteiger charge is -2.17. The van der Waals surface area contributed by atoms with Crippen molar-refractivity contribution in [2.45, 2.75) is 6.92 Å². The number of hydrogen-bond donors (Lipinski definition) is 3. The third-order valence-electron chi connectivity index (χ3n) is 6.04. The highest BCUT2D eigenvalue weighted by molar-refractivity contribution is 5.95. The molecule has 1 aromatic heterocycles. The molecule has 3 aromatic carbocycles. The molecule has 4 N–H and O–H groups in total. The van der Waals surface area contributed by atoms with E-state index in [9.17, 15) is 14.7 Å². The highest BCUT2D eigenvalue weighted by Gasteiger charge is 2.28. The van der Waals surface area contributed by atoms with Gasteiger partial charge in [0.25, 0.3) is 17.7 Å². The number of nitrogens with zero attached hydrogens (tertiary/aromatic N) is 2. The molecule has 14 heteroatoms. The minimum absolute atomic E-state index is 0.0320. The topological polar surface area (TPSA) is 167 Å². The van der Waals surface area contributed by atoms with Gasteiger partial charge in [0, 0.05) is 25.2 Å². The van der Waals surface area contributed by atoms with Crippen molar-refractivity contribution in [2.24, 2.45) is 5.73 Å². The molecule has 234 valence electrons. The van der Waals surface area contributed by atoms with Crippen LogP contribution in [0.2, 0.25) is 0 Å². The van der Waals surface area contributed by atoms with E-state index in [0.717, 1.165) is 12.1 Å². The minimum Gasteiger partial charge on any atom is -0.504 e. The number of rotatable bonds is 11. The van der Waals surface area contributed by atoms with Gasteiger partial charge in [-0.25, -0.2) is 4.79 Å². The zero-order valence-corrected chi connectivity index (χ0v) is 24.5. The molecule has 45 heavy (non-hydrogen) atoms. The van der Waals surface area contributed by atoms with E-state index in [2.05, 4.69) is 4.98 Å². The predicted octanol–water partition coefficient (Wildman–Crippen LogP) is 5.61. The Morgan fingerprint density at radius 2 is 1.56 bits per heavy atom. The van der Waals surface area contributed by atoms with Gasteiger partial charge in [-0.2, -0.15) is 13.8 Å². The van der Waals surface area contributed by atoms with E-state index >= 15 is 8.78 Å². The largest absolute Gasteiger partial charge is 0.504 e. The van der Waals surface area contributed by atoms with Crippen LogP contribution in [0.1, 0.15) is 33.2 Å². The van der Waals surface area contributed by atoms with E-state index in [4.69, 9.17) is 34.8 Å². The Bertz CT molecular complexity index is 1780. The van der Waals surface area contributed by atoms with Crippen LogP contribution in [0.25, 0.3) is 0 Å². The fourth-order valence-corrected chi connectivity index (χ4v) is 3.84. The van der Waals surface area contributed by atoms with E-state index in [1.54, 1.807) is 21.0 Å². The number of carbonyl (C=O) groups excluding carboxylic acids is 2. The SMILES string of the molecule is CCOC(=O)c1ccc(Oc2c(F)c(Oc3cccc(C(=O)N(C)C)c3)nc(Oc3cc(C(=N)N)ccc3O)c2F)c(OC)c1. The second-order valence-electron chi connectivity index (χ2n) is 9.40. The highest BCUT2D eigenvalue weighted by atomic mass is 19.1. The van der Waals surface area contributed by atoms with Crippen molar-refractivity contribution < 1.29 is 47.2 Å². The molecule has 4 aromatic rings. The van der Waals surface area contributed by atoms with Gasteiger partial charge in [-0.05, 0) is 61.5 Å². The number of nitrogen functional groups attached to an aromatic ring is 1. The number of pyridine rings is 1. The maximum absolute atomic E-state index is 15.9. The lowest BCUT2D eigenvalue weighted by atomic mass is 10.2. The normalized spacial score (nSPS) is 10.5.